The van der Waals surface area contributed by atoms with E-state index in [1.165, 1.54) is 19.3 Å². The van der Waals surface area contributed by atoms with Crippen molar-refractivity contribution in [2.45, 2.75) is 50.0 Å². The second-order valence-corrected chi connectivity index (χ2v) is 11.5. The molecule has 0 bridgehead atoms. The molecule has 2 saturated heterocycles. The second-order valence-electron chi connectivity index (χ2n) is 10.7. The molecule has 2 aromatic rings. The Kier molecular flexibility index (Phi) is 10.1. The van der Waals surface area contributed by atoms with Crippen LogP contribution in [0, 0.1) is 0 Å². The third kappa shape index (κ3) is 6.71. The van der Waals surface area contributed by atoms with Gasteiger partial charge in [0.1, 0.15) is 5.54 Å². The maximum absolute atomic E-state index is 13.1. The van der Waals surface area contributed by atoms with Crippen molar-refractivity contribution in [2.24, 2.45) is 0 Å². The number of likely N-dealkylation sites (N-methyl/N-ethyl adjacent to an activating group) is 2. The lowest BCUT2D eigenvalue weighted by atomic mass is 9.83. The van der Waals surface area contributed by atoms with Crippen molar-refractivity contribution >= 4 is 35.0 Å². The van der Waals surface area contributed by atoms with Gasteiger partial charge in [-0.25, -0.2) is 0 Å². The standard InChI is InChI=1S/C30H40Cl2N4O2/c1-33-29(38)30(36-16-7-4-8-17-36)14-19-35(20-15-30)18-13-25(24-11-12-26(31)27(32)21-24)22-34(2)28(37)23-9-5-3-6-10-23/h3,5-6,9-12,21,25H,4,7-8,13-20,22H2,1-2H3,(H,33,38). The molecule has 6 nitrogen and oxygen atoms in total. The molecule has 0 aromatic heterocycles. The first-order chi connectivity index (χ1) is 18.3. The molecule has 2 fully saturated rings. The fourth-order valence-electron chi connectivity index (χ4n) is 6.07. The highest BCUT2D eigenvalue weighted by atomic mass is 35.5. The van der Waals surface area contributed by atoms with Crippen LogP contribution in [0.15, 0.2) is 48.5 Å². The summed E-state index contributed by atoms with van der Waals surface area (Å²) < 4.78 is 0. The summed E-state index contributed by atoms with van der Waals surface area (Å²) in [6.45, 7) is 5.26. The van der Waals surface area contributed by atoms with Gasteiger partial charge in [0, 0.05) is 45.2 Å². The lowest BCUT2D eigenvalue weighted by molar-refractivity contribution is -0.137. The van der Waals surface area contributed by atoms with Crippen molar-refractivity contribution in [3.8, 4) is 0 Å². The minimum atomic E-state index is -0.392. The average Bonchev–Trinajstić information content (AvgIpc) is 2.97. The van der Waals surface area contributed by atoms with Gasteiger partial charge in [-0.15, -0.1) is 0 Å². The number of hydrogen-bond donors (Lipinski definition) is 1. The van der Waals surface area contributed by atoms with Gasteiger partial charge in [-0.3, -0.25) is 14.5 Å². The van der Waals surface area contributed by atoms with Gasteiger partial charge >= 0.3 is 0 Å². The Balaban J connectivity index is 1.43. The molecule has 206 valence electrons. The Labute approximate surface area is 237 Å². The van der Waals surface area contributed by atoms with Gasteiger partial charge in [-0.05, 0) is 81.6 Å². The second kappa shape index (κ2) is 13.3. The topological polar surface area (TPSA) is 55.9 Å². The highest BCUT2D eigenvalue weighted by molar-refractivity contribution is 6.42. The van der Waals surface area contributed by atoms with Gasteiger partial charge in [0.2, 0.25) is 5.91 Å². The van der Waals surface area contributed by atoms with E-state index in [1.807, 2.05) is 55.6 Å². The smallest absolute Gasteiger partial charge is 0.253 e. The Bertz CT molecular complexity index is 1080. The molecule has 2 aromatic carbocycles. The quantitative estimate of drug-likeness (QED) is 0.453. The molecule has 4 rings (SSSR count). The van der Waals surface area contributed by atoms with Crippen molar-refractivity contribution in [1.82, 2.24) is 20.0 Å². The molecule has 2 amide bonds. The van der Waals surface area contributed by atoms with Crippen LogP contribution in [0.3, 0.4) is 0 Å². The SMILES string of the molecule is CNC(=O)C1(N2CCCCC2)CCN(CCC(CN(C)C(=O)c2ccccc2)c2ccc(Cl)c(Cl)c2)CC1. The van der Waals surface area contributed by atoms with Gasteiger partial charge < -0.3 is 15.1 Å². The number of hydrogen-bond acceptors (Lipinski definition) is 4. The lowest BCUT2D eigenvalue weighted by Crippen LogP contribution is -2.63. The van der Waals surface area contributed by atoms with Gasteiger partial charge in [0.15, 0.2) is 0 Å². The number of benzene rings is 2. The Morgan fingerprint density at radius 3 is 2.29 bits per heavy atom. The van der Waals surface area contributed by atoms with E-state index in [0.29, 0.717) is 22.2 Å². The highest BCUT2D eigenvalue weighted by Gasteiger charge is 2.45. The van der Waals surface area contributed by atoms with Crippen LogP contribution in [0.4, 0.5) is 0 Å². The Morgan fingerprint density at radius 1 is 0.974 bits per heavy atom. The predicted octanol–water partition coefficient (Wildman–Crippen LogP) is 5.31. The van der Waals surface area contributed by atoms with Crippen molar-refractivity contribution in [1.29, 1.82) is 0 Å². The van der Waals surface area contributed by atoms with E-state index < -0.39 is 5.54 Å². The van der Waals surface area contributed by atoms with E-state index in [-0.39, 0.29) is 17.7 Å². The molecule has 2 aliphatic heterocycles. The van der Waals surface area contributed by atoms with E-state index in [0.717, 1.165) is 57.5 Å². The van der Waals surface area contributed by atoms with Crippen molar-refractivity contribution in [3.63, 3.8) is 0 Å². The minimum Gasteiger partial charge on any atom is -0.358 e. The number of likely N-dealkylation sites (tertiary alicyclic amines) is 2. The lowest BCUT2D eigenvalue weighted by Gasteiger charge is -2.48. The third-order valence-corrected chi connectivity index (χ3v) is 9.10. The summed E-state index contributed by atoms with van der Waals surface area (Å²) >= 11 is 12.6. The maximum atomic E-state index is 13.1. The van der Waals surface area contributed by atoms with Gasteiger partial charge in [-0.1, -0.05) is 53.9 Å². The fraction of sp³-hybridized carbons (Fsp3) is 0.533. The van der Waals surface area contributed by atoms with Gasteiger partial charge in [-0.2, -0.15) is 0 Å². The largest absolute Gasteiger partial charge is 0.358 e. The number of piperidine rings is 2. The Hall–Kier alpha value is -2.12. The first kappa shape index (κ1) is 28.9. The third-order valence-electron chi connectivity index (χ3n) is 8.36. The van der Waals surface area contributed by atoms with Crippen LogP contribution < -0.4 is 5.32 Å². The summed E-state index contributed by atoms with van der Waals surface area (Å²) in [5.74, 6) is 0.273. The number of carbonyl (C=O) groups excluding carboxylic acids is 2. The Morgan fingerprint density at radius 2 is 1.66 bits per heavy atom. The monoisotopic (exact) mass is 558 g/mol. The zero-order chi connectivity index (χ0) is 27.1. The van der Waals surface area contributed by atoms with Crippen LogP contribution in [-0.4, -0.2) is 85.4 Å². The number of nitrogens with one attached hydrogen (secondary N) is 1. The zero-order valence-electron chi connectivity index (χ0n) is 22.6. The number of carbonyl (C=O) groups is 2. The van der Waals surface area contributed by atoms with Gasteiger partial charge in [0.05, 0.1) is 10.0 Å². The first-order valence-electron chi connectivity index (χ1n) is 13.8. The minimum absolute atomic E-state index is 0.00512. The number of rotatable bonds is 9. The van der Waals surface area contributed by atoms with E-state index in [1.54, 1.807) is 11.9 Å². The van der Waals surface area contributed by atoms with E-state index in [4.69, 9.17) is 23.2 Å². The molecule has 2 aliphatic rings. The molecule has 0 radical (unpaired) electrons. The summed E-state index contributed by atoms with van der Waals surface area (Å²) in [5, 5.41) is 4.01. The summed E-state index contributed by atoms with van der Waals surface area (Å²) in [7, 11) is 3.62. The maximum Gasteiger partial charge on any atom is 0.253 e. The summed E-state index contributed by atoms with van der Waals surface area (Å²) in [4.78, 5) is 32.9. The fourth-order valence-corrected chi connectivity index (χ4v) is 6.38. The average molecular weight is 560 g/mol. The molecule has 0 saturated carbocycles. The molecular formula is C30H40Cl2N4O2. The van der Waals surface area contributed by atoms with Crippen LogP contribution in [0.1, 0.15) is 60.4 Å². The highest BCUT2D eigenvalue weighted by Crippen LogP contribution is 2.33. The first-order valence-corrected chi connectivity index (χ1v) is 14.5. The van der Waals surface area contributed by atoms with Crippen LogP contribution in [0.5, 0.6) is 0 Å². The van der Waals surface area contributed by atoms with E-state index in [9.17, 15) is 9.59 Å². The summed E-state index contributed by atoms with van der Waals surface area (Å²) in [6, 6.07) is 15.2. The molecule has 1 atom stereocenters. The molecule has 8 heteroatoms. The molecule has 0 aliphatic carbocycles. The van der Waals surface area contributed by atoms with Crippen molar-refractivity contribution in [3.05, 3.63) is 69.7 Å². The molecule has 1 unspecified atom stereocenters. The van der Waals surface area contributed by atoms with Crippen LogP contribution in [-0.2, 0) is 4.79 Å². The zero-order valence-corrected chi connectivity index (χ0v) is 24.1. The predicted molar refractivity (Wildman–Crippen MR) is 155 cm³/mol. The van der Waals surface area contributed by atoms with E-state index >= 15 is 0 Å². The molecule has 1 N–H and O–H groups in total. The number of amides is 2. The molecule has 0 spiro atoms. The number of nitrogens with zero attached hydrogens (tertiary/aromatic N) is 3. The summed E-state index contributed by atoms with van der Waals surface area (Å²) in [6.07, 6.45) is 6.16. The van der Waals surface area contributed by atoms with Crippen molar-refractivity contribution in [2.75, 3.05) is 53.4 Å². The number of halogens is 2. The normalized spacial score (nSPS) is 19.1. The molecular weight excluding hydrogens is 519 g/mol. The van der Waals surface area contributed by atoms with E-state index in [2.05, 4.69) is 15.1 Å². The summed E-state index contributed by atoms with van der Waals surface area (Å²) in [5.41, 5.74) is 1.37. The molecule has 2 heterocycles. The van der Waals surface area contributed by atoms with Crippen molar-refractivity contribution < 1.29 is 9.59 Å². The van der Waals surface area contributed by atoms with Crippen LogP contribution in [0.2, 0.25) is 10.0 Å². The van der Waals surface area contributed by atoms with Gasteiger partial charge in [0.25, 0.3) is 5.91 Å². The molecule has 38 heavy (non-hydrogen) atoms. The van der Waals surface area contributed by atoms with Crippen LogP contribution in [0.25, 0.3) is 0 Å². The van der Waals surface area contributed by atoms with Crippen LogP contribution >= 0.6 is 23.2 Å².